The van der Waals surface area contributed by atoms with Crippen molar-refractivity contribution >= 4 is 23.3 Å². The van der Waals surface area contributed by atoms with Gasteiger partial charge < -0.3 is 0 Å². The van der Waals surface area contributed by atoms with Gasteiger partial charge in [-0.1, -0.05) is 42.5 Å². The Labute approximate surface area is 109 Å². The molecule has 2 aromatic rings. The van der Waals surface area contributed by atoms with Crippen molar-refractivity contribution in [1.82, 2.24) is 0 Å². The number of rotatable bonds is 3. The molecule has 0 unspecified atom stereocenters. The van der Waals surface area contributed by atoms with Crippen LogP contribution in [0.1, 0.15) is 15.9 Å². The van der Waals surface area contributed by atoms with Gasteiger partial charge in [-0.3, -0.25) is 4.79 Å². The van der Waals surface area contributed by atoms with Crippen LogP contribution in [0.15, 0.2) is 59.0 Å². The fourth-order valence-electron chi connectivity index (χ4n) is 1.31. The third kappa shape index (κ3) is 3.53. The molecule has 18 heavy (non-hydrogen) atoms. The van der Waals surface area contributed by atoms with Gasteiger partial charge in [0.1, 0.15) is 5.82 Å². The first kappa shape index (κ1) is 12.5. The minimum absolute atomic E-state index is 0.117. The van der Waals surface area contributed by atoms with Crippen molar-refractivity contribution in [3.63, 3.8) is 0 Å². The molecule has 4 heteroatoms. The number of benzene rings is 2. The van der Waals surface area contributed by atoms with E-state index in [4.69, 9.17) is 0 Å². The van der Waals surface area contributed by atoms with Gasteiger partial charge in [-0.05, 0) is 17.7 Å². The van der Waals surface area contributed by atoms with Crippen molar-refractivity contribution in [1.29, 1.82) is 0 Å². The summed E-state index contributed by atoms with van der Waals surface area (Å²) in [5.74, 6) is -0.292. The second-order valence-electron chi connectivity index (χ2n) is 3.53. The van der Waals surface area contributed by atoms with Gasteiger partial charge in [0.25, 0.3) is 0 Å². The number of hydrogen-bond donors (Lipinski definition) is 0. The maximum Gasteiger partial charge on any atom is 0.241 e. The van der Waals surface area contributed by atoms with Gasteiger partial charge in [-0.25, -0.2) is 8.79 Å². The Morgan fingerprint density at radius 3 is 2.39 bits per heavy atom. The first-order valence-corrected chi connectivity index (χ1v) is 6.08. The highest BCUT2D eigenvalue weighted by atomic mass is 32.2. The molecule has 0 saturated heterocycles. The Hall–Kier alpha value is -1.94. The number of nitrogens with zero attached hydrogens (tertiary/aromatic N) is 1. The highest BCUT2D eigenvalue weighted by molar-refractivity contribution is 8.13. The normalized spacial score (nSPS) is 10.7. The van der Waals surface area contributed by atoms with Crippen LogP contribution in [0.5, 0.6) is 0 Å². The van der Waals surface area contributed by atoms with Crippen molar-refractivity contribution in [3.8, 4) is 0 Å². The van der Waals surface area contributed by atoms with Crippen LogP contribution < -0.4 is 0 Å². The topological polar surface area (TPSA) is 29.4 Å². The zero-order valence-electron chi connectivity index (χ0n) is 9.42. The van der Waals surface area contributed by atoms with Gasteiger partial charge in [0.15, 0.2) is 0 Å². The van der Waals surface area contributed by atoms with Gasteiger partial charge in [-0.2, -0.15) is 0 Å². The van der Waals surface area contributed by atoms with E-state index in [9.17, 15) is 9.18 Å². The summed E-state index contributed by atoms with van der Waals surface area (Å²) in [5, 5.41) is -0.117. The summed E-state index contributed by atoms with van der Waals surface area (Å²) in [6.07, 6.45) is 1.53. The first-order chi connectivity index (χ1) is 8.75. The molecule has 2 rings (SSSR count). The van der Waals surface area contributed by atoms with Gasteiger partial charge >= 0.3 is 0 Å². The molecule has 0 atom stereocenters. The Morgan fingerprint density at radius 1 is 1.06 bits per heavy atom. The summed E-state index contributed by atoms with van der Waals surface area (Å²) in [6.45, 7) is 0. The molecule has 0 bridgehead atoms. The highest BCUT2D eigenvalue weighted by Gasteiger charge is 2.03. The van der Waals surface area contributed by atoms with E-state index in [0.29, 0.717) is 5.56 Å². The fraction of sp³-hybridized carbons (Fsp3) is 0. The summed E-state index contributed by atoms with van der Waals surface area (Å²) in [4.78, 5) is 11.7. The average molecular weight is 259 g/mol. The second-order valence-corrected chi connectivity index (χ2v) is 4.30. The fourth-order valence-corrected chi connectivity index (χ4v) is 1.82. The molecule has 0 saturated carbocycles. The highest BCUT2D eigenvalue weighted by Crippen LogP contribution is 2.13. The molecular weight excluding hydrogens is 249 g/mol. The van der Waals surface area contributed by atoms with Crippen molar-refractivity contribution in [2.75, 3.05) is 0 Å². The van der Waals surface area contributed by atoms with Crippen LogP contribution in [0.25, 0.3) is 0 Å². The molecule has 0 aromatic heterocycles. The minimum atomic E-state index is -0.292. The van der Waals surface area contributed by atoms with E-state index in [0.717, 1.165) is 17.5 Å². The summed E-state index contributed by atoms with van der Waals surface area (Å²) in [5.41, 5.74) is 1.36. The van der Waals surface area contributed by atoms with E-state index >= 15 is 0 Å². The smallest absolute Gasteiger partial charge is 0.241 e. The molecule has 0 N–H and O–H groups in total. The van der Waals surface area contributed by atoms with Gasteiger partial charge in [0.2, 0.25) is 5.12 Å². The number of carbonyl (C=O) groups is 1. The van der Waals surface area contributed by atoms with Crippen LogP contribution >= 0.6 is 11.9 Å². The van der Waals surface area contributed by atoms with Crippen LogP contribution in [-0.4, -0.2) is 11.3 Å². The zero-order chi connectivity index (χ0) is 12.8. The van der Waals surface area contributed by atoms with E-state index in [1.807, 2.05) is 6.07 Å². The zero-order valence-corrected chi connectivity index (χ0v) is 10.2. The standard InChI is InChI=1S/C14H10FNOS/c15-13-8-6-11(7-9-13)10-16-18-14(17)12-4-2-1-3-5-12/h1-10H/b16-10+. The quantitative estimate of drug-likeness (QED) is 0.621. The van der Waals surface area contributed by atoms with E-state index in [2.05, 4.69) is 4.40 Å². The van der Waals surface area contributed by atoms with E-state index in [1.54, 1.807) is 36.4 Å². The summed E-state index contributed by atoms with van der Waals surface area (Å²) >= 11 is 0.865. The van der Waals surface area contributed by atoms with Crippen LogP contribution in [0.2, 0.25) is 0 Å². The largest absolute Gasteiger partial charge is 0.280 e. The lowest BCUT2D eigenvalue weighted by molar-refractivity contribution is 0.108. The predicted molar refractivity (Wildman–Crippen MR) is 72.4 cm³/mol. The summed E-state index contributed by atoms with van der Waals surface area (Å²) in [7, 11) is 0. The summed E-state index contributed by atoms with van der Waals surface area (Å²) < 4.78 is 16.6. The molecule has 0 radical (unpaired) electrons. The van der Waals surface area contributed by atoms with Crippen LogP contribution in [0.3, 0.4) is 0 Å². The van der Waals surface area contributed by atoms with Gasteiger partial charge in [0, 0.05) is 11.8 Å². The third-order valence-electron chi connectivity index (χ3n) is 2.22. The van der Waals surface area contributed by atoms with Gasteiger partial charge in [0.05, 0.1) is 11.9 Å². The maximum atomic E-state index is 12.7. The molecule has 2 aromatic carbocycles. The molecule has 0 fully saturated rings. The molecule has 2 nitrogen and oxygen atoms in total. The van der Waals surface area contributed by atoms with Crippen molar-refractivity contribution in [2.24, 2.45) is 4.40 Å². The molecule has 0 aliphatic heterocycles. The van der Waals surface area contributed by atoms with Crippen LogP contribution in [0.4, 0.5) is 4.39 Å². The lowest BCUT2D eigenvalue weighted by atomic mass is 10.2. The predicted octanol–water partition coefficient (Wildman–Crippen LogP) is 3.73. The van der Waals surface area contributed by atoms with E-state index in [1.165, 1.54) is 18.3 Å². The average Bonchev–Trinajstić information content (AvgIpc) is 2.42. The maximum absolute atomic E-state index is 12.7. The van der Waals surface area contributed by atoms with Crippen molar-refractivity contribution in [3.05, 3.63) is 71.5 Å². The van der Waals surface area contributed by atoms with Crippen molar-refractivity contribution < 1.29 is 9.18 Å². The monoisotopic (exact) mass is 259 g/mol. The van der Waals surface area contributed by atoms with Crippen LogP contribution in [0, 0.1) is 5.82 Å². The second kappa shape index (κ2) is 6.12. The van der Waals surface area contributed by atoms with Crippen molar-refractivity contribution in [2.45, 2.75) is 0 Å². The number of hydrogen-bond acceptors (Lipinski definition) is 3. The number of carbonyl (C=O) groups excluding carboxylic acids is 1. The lowest BCUT2D eigenvalue weighted by Crippen LogP contribution is -1.90. The van der Waals surface area contributed by atoms with E-state index < -0.39 is 0 Å². The molecule has 0 aliphatic rings. The Morgan fingerprint density at radius 2 is 1.72 bits per heavy atom. The number of halogens is 1. The molecule has 0 heterocycles. The Bertz CT molecular complexity index is 552. The SMILES string of the molecule is O=C(S/N=C/c1ccc(F)cc1)c1ccccc1. The lowest BCUT2D eigenvalue weighted by Gasteiger charge is -1.95. The Kier molecular flexibility index (Phi) is 4.25. The molecule has 0 spiro atoms. The molecule has 90 valence electrons. The summed E-state index contributed by atoms with van der Waals surface area (Å²) in [6, 6.07) is 14.8. The molecule has 0 amide bonds. The molecule has 0 aliphatic carbocycles. The molecular formula is C14H10FNOS. The first-order valence-electron chi connectivity index (χ1n) is 5.31. The third-order valence-corrected chi connectivity index (χ3v) is 2.83. The van der Waals surface area contributed by atoms with E-state index in [-0.39, 0.29) is 10.9 Å². The van der Waals surface area contributed by atoms with Gasteiger partial charge in [-0.15, -0.1) is 0 Å². The van der Waals surface area contributed by atoms with Crippen LogP contribution in [-0.2, 0) is 0 Å². The minimum Gasteiger partial charge on any atom is -0.280 e. The Balaban J connectivity index is 1.96.